The van der Waals surface area contributed by atoms with Gasteiger partial charge >= 0.3 is 0 Å². The molecule has 0 radical (unpaired) electrons. The number of hydrogen-bond acceptors (Lipinski definition) is 4. The van der Waals surface area contributed by atoms with Crippen molar-refractivity contribution in [2.75, 3.05) is 11.4 Å². The molecule has 1 fully saturated rings. The largest absolute Gasteiger partial charge is 0.369 e. The number of allylic oxidation sites excluding steroid dienone is 2. The highest BCUT2D eigenvalue weighted by Crippen LogP contribution is 2.32. The van der Waals surface area contributed by atoms with E-state index >= 15 is 0 Å². The zero-order chi connectivity index (χ0) is 24.1. The van der Waals surface area contributed by atoms with Crippen LogP contribution in [0.25, 0.3) is 0 Å². The summed E-state index contributed by atoms with van der Waals surface area (Å²) in [6.45, 7) is 5.22. The maximum absolute atomic E-state index is 13.4. The summed E-state index contributed by atoms with van der Waals surface area (Å²) in [5.74, 6) is -0.128. The van der Waals surface area contributed by atoms with E-state index in [1.807, 2.05) is 25.1 Å². The van der Waals surface area contributed by atoms with Crippen LogP contribution in [0.1, 0.15) is 78.2 Å². The Kier molecular flexibility index (Phi) is 7.88. The van der Waals surface area contributed by atoms with Gasteiger partial charge in [0.25, 0.3) is 11.5 Å². The van der Waals surface area contributed by atoms with Crippen molar-refractivity contribution in [3.05, 3.63) is 74.7 Å². The lowest BCUT2D eigenvalue weighted by Gasteiger charge is -2.38. The minimum atomic E-state index is -0.128. The highest BCUT2D eigenvalue weighted by molar-refractivity contribution is 5.97. The Morgan fingerprint density at radius 1 is 1.09 bits per heavy atom. The minimum absolute atomic E-state index is 0.109. The number of H-pyrrole nitrogens is 1. The molecular formula is C28H38N4O2. The maximum Gasteiger partial charge on any atom is 0.253 e. The number of aromatic amines is 1. The molecule has 1 aliphatic heterocycles. The minimum Gasteiger partial charge on any atom is -0.369 e. The molecule has 1 amide bonds. The topological polar surface area (TPSA) is 91.2 Å². The first-order valence-electron chi connectivity index (χ1n) is 12.8. The molecule has 6 nitrogen and oxygen atoms in total. The SMILES string of the molecule is CCN(c1cccc2c1C/C=C/CCCc1cc(C)[nH]c(=O)c1CNC2=O)C1CCC(N)CC1. The highest BCUT2D eigenvalue weighted by atomic mass is 16.1. The van der Waals surface area contributed by atoms with Gasteiger partial charge in [-0.25, -0.2) is 0 Å². The number of carbonyl (C=O) groups is 1. The summed E-state index contributed by atoms with van der Waals surface area (Å²) in [6.07, 6.45) is 12.1. The van der Waals surface area contributed by atoms with Crippen molar-refractivity contribution in [2.24, 2.45) is 5.73 Å². The molecule has 1 aliphatic carbocycles. The van der Waals surface area contributed by atoms with Crippen molar-refractivity contribution >= 4 is 11.6 Å². The van der Waals surface area contributed by atoms with Gasteiger partial charge in [0.1, 0.15) is 0 Å². The number of benzene rings is 1. The lowest BCUT2D eigenvalue weighted by Crippen LogP contribution is -2.41. The number of amides is 1. The fourth-order valence-electron chi connectivity index (χ4n) is 5.50. The molecule has 4 N–H and O–H groups in total. The number of rotatable bonds is 3. The van der Waals surface area contributed by atoms with Crippen LogP contribution >= 0.6 is 0 Å². The molecule has 2 aliphatic rings. The van der Waals surface area contributed by atoms with Crippen LogP contribution in [0.5, 0.6) is 0 Å². The first kappa shape index (κ1) is 24.3. The van der Waals surface area contributed by atoms with Crippen LogP contribution in [0.2, 0.25) is 0 Å². The molecule has 0 unspecified atom stereocenters. The highest BCUT2D eigenvalue weighted by Gasteiger charge is 2.26. The van der Waals surface area contributed by atoms with E-state index in [2.05, 4.69) is 40.3 Å². The molecule has 0 saturated heterocycles. The third-order valence-corrected chi connectivity index (χ3v) is 7.32. The van der Waals surface area contributed by atoms with Gasteiger partial charge in [0.05, 0.1) is 0 Å². The predicted octanol–water partition coefficient (Wildman–Crippen LogP) is 4.14. The molecular weight excluding hydrogens is 424 g/mol. The van der Waals surface area contributed by atoms with Crippen LogP contribution < -0.4 is 21.5 Å². The third kappa shape index (κ3) is 5.44. The molecule has 182 valence electrons. The van der Waals surface area contributed by atoms with Crippen molar-refractivity contribution in [1.82, 2.24) is 10.3 Å². The lowest BCUT2D eigenvalue weighted by molar-refractivity contribution is 0.0950. The maximum atomic E-state index is 13.4. The fourth-order valence-corrected chi connectivity index (χ4v) is 5.50. The van der Waals surface area contributed by atoms with E-state index < -0.39 is 0 Å². The van der Waals surface area contributed by atoms with E-state index in [0.29, 0.717) is 29.6 Å². The predicted molar refractivity (Wildman–Crippen MR) is 138 cm³/mol. The Morgan fingerprint density at radius 2 is 1.88 bits per heavy atom. The second-order valence-electron chi connectivity index (χ2n) is 9.69. The summed E-state index contributed by atoms with van der Waals surface area (Å²) < 4.78 is 0. The second-order valence-corrected chi connectivity index (χ2v) is 9.69. The van der Waals surface area contributed by atoms with Crippen LogP contribution in [0.4, 0.5) is 5.69 Å². The van der Waals surface area contributed by atoms with Crippen LogP contribution in [-0.4, -0.2) is 29.5 Å². The molecule has 34 heavy (non-hydrogen) atoms. The summed E-state index contributed by atoms with van der Waals surface area (Å²) in [6, 6.07) is 8.83. The molecule has 0 spiro atoms. The van der Waals surface area contributed by atoms with Gasteiger partial charge in [-0.3, -0.25) is 9.59 Å². The normalized spacial score (nSPS) is 22.3. The van der Waals surface area contributed by atoms with E-state index in [1.54, 1.807) is 0 Å². The van der Waals surface area contributed by atoms with Gasteiger partial charge in [0, 0.05) is 47.7 Å². The van der Waals surface area contributed by atoms with Gasteiger partial charge in [0.2, 0.25) is 0 Å². The van der Waals surface area contributed by atoms with E-state index in [0.717, 1.165) is 74.0 Å². The van der Waals surface area contributed by atoms with Crippen molar-refractivity contribution < 1.29 is 4.79 Å². The van der Waals surface area contributed by atoms with Gasteiger partial charge < -0.3 is 20.9 Å². The number of anilines is 1. The summed E-state index contributed by atoms with van der Waals surface area (Å²) in [5, 5.41) is 3.05. The molecule has 0 atom stereocenters. The van der Waals surface area contributed by atoms with Gasteiger partial charge in [-0.15, -0.1) is 0 Å². The van der Waals surface area contributed by atoms with Crippen molar-refractivity contribution in [2.45, 2.75) is 83.8 Å². The van der Waals surface area contributed by atoms with Gasteiger partial charge in [-0.05, 0) is 94.5 Å². The van der Waals surface area contributed by atoms with E-state index in [4.69, 9.17) is 5.73 Å². The lowest BCUT2D eigenvalue weighted by atomic mass is 9.89. The van der Waals surface area contributed by atoms with Gasteiger partial charge in [0.15, 0.2) is 0 Å². The number of hydrogen-bond donors (Lipinski definition) is 3. The monoisotopic (exact) mass is 462 g/mol. The number of nitrogens with one attached hydrogen (secondary N) is 2. The molecule has 1 saturated carbocycles. The molecule has 4 rings (SSSR count). The first-order valence-corrected chi connectivity index (χ1v) is 12.8. The average molecular weight is 463 g/mol. The second kappa shape index (κ2) is 11.0. The van der Waals surface area contributed by atoms with E-state index in [-0.39, 0.29) is 18.0 Å². The number of carbonyl (C=O) groups excluding carboxylic acids is 1. The summed E-state index contributed by atoms with van der Waals surface area (Å²) in [5.41, 5.74) is 11.5. The van der Waals surface area contributed by atoms with Crippen LogP contribution in [0, 0.1) is 6.92 Å². The number of fused-ring (bicyclic) bond motifs is 2. The Bertz CT molecular complexity index is 1100. The van der Waals surface area contributed by atoms with Gasteiger partial charge in [-0.1, -0.05) is 18.2 Å². The number of aryl methyl sites for hydroxylation is 2. The number of pyridine rings is 1. The third-order valence-electron chi connectivity index (χ3n) is 7.32. The molecule has 2 aromatic rings. The smallest absolute Gasteiger partial charge is 0.253 e. The van der Waals surface area contributed by atoms with E-state index in [1.165, 1.54) is 0 Å². The Hall–Kier alpha value is -2.86. The summed E-state index contributed by atoms with van der Waals surface area (Å²) in [4.78, 5) is 31.4. The summed E-state index contributed by atoms with van der Waals surface area (Å²) in [7, 11) is 0. The van der Waals surface area contributed by atoms with Crippen molar-refractivity contribution in [1.29, 1.82) is 0 Å². The Balaban J connectivity index is 1.69. The summed E-state index contributed by atoms with van der Waals surface area (Å²) >= 11 is 0. The van der Waals surface area contributed by atoms with Crippen LogP contribution in [0.3, 0.4) is 0 Å². The van der Waals surface area contributed by atoms with Crippen molar-refractivity contribution in [3.8, 4) is 0 Å². The fraction of sp³-hybridized carbons (Fsp3) is 0.500. The molecule has 1 aromatic carbocycles. The van der Waals surface area contributed by atoms with Gasteiger partial charge in [-0.2, -0.15) is 0 Å². The zero-order valence-electron chi connectivity index (χ0n) is 20.5. The Morgan fingerprint density at radius 3 is 2.65 bits per heavy atom. The molecule has 6 heteroatoms. The number of nitrogens with zero attached hydrogens (tertiary/aromatic N) is 1. The molecule has 0 bridgehead atoms. The standard InChI is InChI=1S/C28H38N4O2/c1-3-32(22-15-13-21(29)14-16-22)26-12-8-11-24-23(26)10-7-5-4-6-9-20-17-19(2)31-28(34)25(20)18-30-27(24)33/h5,7-8,11-12,17,21-22H,3-4,6,9-10,13-16,18,29H2,1-2H3,(H,30,33)(H,31,34)/b7-5+. The van der Waals surface area contributed by atoms with E-state index in [9.17, 15) is 9.59 Å². The van der Waals surface area contributed by atoms with Crippen LogP contribution in [0.15, 0.2) is 41.2 Å². The quantitative estimate of drug-likeness (QED) is 0.598. The molecule has 1 aromatic heterocycles. The Labute approximate surface area is 202 Å². The van der Waals surface area contributed by atoms with Crippen LogP contribution in [-0.2, 0) is 19.4 Å². The first-order chi connectivity index (χ1) is 16.5. The number of nitrogens with two attached hydrogens (primary N) is 1. The number of aromatic nitrogens is 1. The zero-order valence-corrected chi connectivity index (χ0v) is 20.5. The van der Waals surface area contributed by atoms with Crippen molar-refractivity contribution in [3.63, 3.8) is 0 Å². The average Bonchev–Trinajstić information content (AvgIpc) is 2.83. The molecule has 2 heterocycles.